The van der Waals surface area contributed by atoms with Crippen LogP contribution >= 0.6 is 0 Å². The molecule has 2 unspecified atom stereocenters. The van der Waals surface area contributed by atoms with Crippen molar-refractivity contribution in [3.63, 3.8) is 0 Å². The van der Waals surface area contributed by atoms with Crippen molar-refractivity contribution < 1.29 is 9.90 Å². The van der Waals surface area contributed by atoms with E-state index in [2.05, 4.69) is 15.3 Å². The first-order valence-electron chi connectivity index (χ1n) is 7.88. The van der Waals surface area contributed by atoms with Crippen molar-refractivity contribution in [1.29, 1.82) is 0 Å². The second-order valence-corrected chi connectivity index (χ2v) is 6.08. The molecule has 2 heterocycles. The molecule has 6 heteroatoms. The highest BCUT2D eigenvalue weighted by molar-refractivity contribution is 5.96. The maximum atomic E-state index is 12.5. The molecule has 1 amide bonds. The third-order valence-corrected chi connectivity index (χ3v) is 4.52. The van der Waals surface area contributed by atoms with Crippen LogP contribution in [-0.4, -0.2) is 38.2 Å². The maximum Gasteiger partial charge on any atom is 0.253 e. The standard InChI is InChI=1S/C16H22N4O2/c1-20-10-18-14-7-12(8-17-15(14)20)16(22)19-13-6-4-2-3-5-11(13)9-21/h7-8,10-11,13,21H,2-6,9H2,1H3,(H,19,22). The van der Waals surface area contributed by atoms with E-state index in [-0.39, 0.29) is 24.5 Å². The molecule has 0 aromatic carbocycles. The Morgan fingerprint density at radius 2 is 2.18 bits per heavy atom. The average molecular weight is 302 g/mol. The minimum absolute atomic E-state index is 0.0411. The molecule has 0 aliphatic heterocycles. The monoisotopic (exact) mass is 302 g/mol. The number of imidazole rings is 1. The highest BCUT2D eigenvalue weighted by Gasteiger charge is 2.25. The fourth-order valence-corrected chi connectivity index (χ4v) is 3.19. The fourth-order valence-electron chi connectivity index (χ4n) is 3.19. The zero-order chi connectivity index (χ0) is 15.5. The van der Waals surface area contributed by atoms with Gasteiger partial charge in [0.1, 0.15) is 5.52 Å². The number of hydrogen-bond donors (Lipinski definition) is 2. The molecular formula is C16H22N4O2. The number of nitrogens with one attached hydrogen (secondary N) is 1. The van der Waals surface area contributed by atoms with E-state index in [1.165, 1.54) is 6.42 Å². The van der Waals surface area contributed by atoms with Crippen LogP contribution in [0.15, 0.2) is 18.6 Å². The number of nitrogens with zero attached hydrogens (tertiary/aromatic N) is 3. The number of aliphatic hydroxyl groups is 1. The molecule has 1 saturated carbocycles. The van der Waals surface area contributed by atoms with E-state index in [0.29, 0.717) is 5.56 Å². The number of amides is 1. The quantitative estimate of drug-likeness (QED) is 0.845. The van der Waals surface area contributed by atoms with Crippen molar-refractivity contribution in [3.05, 3.63) is 24.2 Å². The lowest BCUT2D eigenvalue weighted by Crippen LogP contribution is -2.41. The van der Waals surface area contributed by atoms with Gasteiger partial charge in [-0.2, -0.15) is 0 Å². The van der Waals surface area contributed by atoms with Crippen molar-refractivity contribution in [2.24, 2.45) is 13.0 Å². The average Bonchev–Trinajstić information content (AvgIpc) is 2.76. The minimum Gasteiger partial charge on any atom is -0.396 e. The van der Waals surface area contributed by atoms with Crippen LogP contribution in [-0.2, 0) is 7.05 Å². The SMILES string of the molecule is Cn1cnc2cc(C(=O)NC3CCCCCC3CO)cnc21. The Morgan fingerprint density at radius 3 is 3.00 bits per heavy atom. The third kappa shape index (κ3) is 2.97. The summed E-state index contributed by atoms with van der Waals surface area (Å²) in [6.45, 7) is 0.127. The number of carbonyl (C=O) groups is 1. The van der Waals surface area contributed by atoms with Crippen molar-refractivity contribution in [2.45, 2.75) is 38.1 Å². The molecule has 2 aromatic rings. The Kier molecular flexibility index (Phi) is 4.38. The Labute approximate surface area is 129 Å². The van der Waals surface area contributed by atoms with Gasteiger partial charge in [0.2, 0.25) is 0 Å². The van der Waals surface area contributed by atoms with Crippen LogP contribution in [0.4, 0.5) is 0 Å². The van der Waals surface area contributed by atoms with Crippen LogP contribution < -0.4 is 5.32 Å². The van der Waals surface area contributed by atoms with Gasteiger partial charge in [-0.15, -0.1) is 0 Å². The molecule has 0 spiro atoms. The first-order valence-corrected chi connectivity index (χ1v) is 7.88. The lowest BCUT2D eigenvalue weighted by Gasteiger charge is -2.24. The number of rotatable bonds is 3. The molecule has 2 atom stereocenters. The van der Waals surface area contributed by atoms with Crippen LogP contribution in [0.1, 0.15) is 42.5 Å². The summed E-state index contributed by atoms with van der Waals surface area (Å²) in [5.41, 5.74) is 2.00. The van der Waals surface area contributed by atoms with E-state index >= 15 is 0 Å². The molecule has 0 radical (unpaired) electrons. The molecule has 118 valence electrons. The lowest BCUT2D eigenvalue weighted by atomic mass is 9.95. The molecule has 2 N–H and O–H groups in total. The predicted molar refractivity (Wildman–Crippen MR) is 83.4 cm³/mol. The number of aromatic nitrogens is 3. The number of carbonyl (C=O) groups excluding carboxylic acids is 1. The number of aliphatic hydroxyl groups excluding tert-OH is 1. The van der Waals surface area contributed by atoms with Crippen LogP contribution in [0.2, 0.25) is 0 Å². The van der Waals surface area contributed by atoms with E-state index in [0.717, 1.165) is 36.8 Å². The summed E-state index contributed by atoms with van der Waals surface area (Å²) < 4.78 is 1.82. The summed E-state index contributed by atoms with van der Waals surface area (Å²) in [6, 6.07) is 1.81. The zero-order valence-electron chi connectivity index (χ0n) is 12.8. The summed E-state index contributed by atoms with van der Waals surface area (Å²) in [5, 5.41) is 12.6. The molecule has 6 nitrogen and oxygen atoms in total. The van der Waals surface area contributed by atoms with Gasteiger partial charge in [0.15, 0.2) is 5.65 Å². The van der Waals surface area contributed by atoms with Gasteiger partial charge in [0, 0.05) is 31.8 Å². The highest BCUT2D eigenvalue weighted by atomic mass is 16.3. The molecule has 3 rings (SSSR count). The first-order chi connectivity index (χ1) is 10.7. The summed E-state index contributed by atoms with van der Waals surface area (Å²) >= 11 is 0. The van der Waals surface area contributed by atoms with Crippen molar-refractivity contribution in [1.82, 2.24) is 19.9 Å². The molecular weight excluding hydrogens is 280 g/mol. The molecule has 2 aromatic heterocycles. The van der Waals surface area contributed by atoms with Crippen LogP contribution in [0.3, 0.4) is 0 Å². The van der Waals surface area contributed by atoms with E-state index in [1.54, 1.807) is 18.6 Å². The molecule has 0 saturated heterocycles. The van der Waals surface area contributed by atoms with Crippen LogP contribution in [0, 0.1) is 5.92 Å². The van der Waals surface area contributed by atoms with Gasteiger partial charge in [-0.3, -0.25) is 4.79 Å². The van der Waals surface area contributed by atoms with Crippen molar-refractivity contribution in [3.8, 4) is 0 Å². The molecule has 22 heavy (non-hydrogen) atoms. The van der Waals surface area contributed by atoms with Crippen molar-refractivity contribution in [2.75, 3.05) is 6.61 Å². The number of fused-ring (bicyclic) bond motifs is 1. The molecule has 1 fully saturated rings. The molecule has 0 bridgehead atoms. The second kappa shape index (κ2) is 6.44. The summed E-state index contributed by atoms with van der Waals surface area (Å²) in [7, 11) is 1.87. The summed E-state index contributed by atoms with van der Waals surface area (Å²) in [4.78, 5) is 21.0. The minimum atomic E-state index is -0.134. The van der Waals surface area contributed by atoms with Crippen molar-refractivity contribution >= 4 is 17.1 Å². The Balaban J connectivity index is 1.76. The normalized spacial score (nSPS) is 22.5. The van der Waals surface area contributed by atoms with Gasteiger partial charge in [0.25, 0.3) is 5.91 Å². The van der Waals surface area contributed by atoms with Gasteiger partial charge >= 0.3 is 0 Å². The number of aryl methyl sites for hydroxylation is 1. The van der Waals surface area contributed by atoms with E-state index < -0.39 is 0 Å². The number of pyridine rings is 1. The molecule has 1 aliphatic carbocycles. The van der Waals surface area contributed by atoms with Gasteiger partial charge in [-0.25, -0.2) is 9.97 Å². The lowest BCUT2D eigenvalue weighted by molar-refractivity contribution is 0.0899. The largest absolute Gasteiger partial charge is 0.396 e. The second-order valence-electron chi connectivity index (χ2n) is 6.08. The predicted octanol–water partition coefficient (Wildman–Crippen LogP) is 1.64. The number of hydrogen-bond acceptors (Lipinski definition) is 4. The Bertz CT molecular complexity index is 667. The maximum absolute atomic E-state index is 12.5. The van der Waals surface area contributed by atoms with Crippen LogP contribution in [0.5, 0.6) is 0 Å². The van der Waals surface area contributed by atoms with Gasteiger partial charge in [-0.05, 0) is 18.9 Å². The third-order valence-electron chi connectivity index (χ3n) is 4.52. The highest BCUT2D eigenvalue weighted by Crippen LogP contribution is 2.23. The van der Waals surface area contributed by atoms with Gasteiger partial charge < -0.3 is 15.0 Å². The smallest absolute Gasteiger partial charge is 0.253 e. The van der Waals surface area contributed by atoms with E-state index in [4.69, 9.17) is 0 Å². The summed E-state index contributed by atoms with van der Waals surface area (Å²) in [5.74, 6) is 0.0170. The van der Waals surface area contributed by atoms with Gasteiger partial charge in [-0.1, -0.05) is 19.3 Å². The topological polar surface area (TPSA) is 80.0 Å². The van der Waals surface area contributed by atoms with E-state index in [1.807, 2.05) is 11.6 Å². The Hall–Kier alpha value is -1.95. The summed E-state index contributed by atoms with van der Waals surface area (Å²) in [6.07, 6.45) is 8.56. The van der Waals surface area contributed by atoms with E-state index in [9.17, 15) is 9.90 Å². The fraction of sp³-hybridized carbons (Fsp3) is 0.562. The molecule has 1 aliphatic rings. The first kappa shape index (κ1) is 15.0. The van der Waals surface area contributed by atoms with Gasteiger partial charge in [0.05, 0.1) is 11.9 Å². The van der Waals surface area contributed by atoms with Crippen LogP contribution in [0.25, 0.3) is 11.2 Å². The zero-order valence-corrected chi connectivity index (χ0v) is 12.8. The Morgan fingerprint density at radius 1 is 1.36 bits per heavy atom.